The van der Waals surface area contributed by atoms with E-state index in [1.807, 2.05) is 48.9 Å². The third-order valence-electron chi connectivity index (χ3n) is 7.09. The van der Waals surface area contributed by atoms with Gasteiger partial charge in [0.1, 0.15) is 7.85 Å². The van der Waals surface area contributed by atoms with Crippen LogP contribution in [0, 0.1) is 0 Å². The summed E-state index contributed by atoms with van der Waals surface area (Å²) in [5.74, 6) is 1.66. The Morgan fingerprint density at radius 2 is 1.27 bits per heavy atom. The summed E-state index contributed by atoms with van der Waals surface area (Å²) in [6, 6.07) is 42.0. The van der Waals surface area contributed by atoms with Gasteiger partial charge in [0.2, 0.25) is 0 Å². The fraction of sp³-hybridized carbons (Fsp3) is 0.139. The van der Waals surface area contributed by atoms with Gasteiger partial charge in [-0.3, -0.25) is 0 Å². The second-order valence-corrected chi connectivity index (χ2v) is 11.6. The van der Waals surface area contributed by atoms with Crippen molar-refractivity contribution in [1.82, 2.24) is 9.55 Å². The average Bonchev–Trinajstić information content (AvgIpc) is 3.57. The van der Waals surface area contributed by atoms with Crippen LogP contribution in [-0.4, -0.2) is 26.9 Å². The van der Waals surface area contributed by atoms with Crippen molar-refractivity contribution in [3.8, 4) is 0 Å². The first kappa shape index (κ1) is 28.8. The first-order valence-electron chi connectivity index (χ1n) is 14.1. The molecule has 0 fully saturated rings. The largest absolute Gasteiger partial charge is 0.326 e. The van der Waals surface area contributed by atoms with Crippen molar-refractivity contribution in [3.05, 3.63) is 180 Å². The van der Waals surface area contributed by atoms with Crippen LogP contribution in [0.2, 0.25) is 0 Å². The molecule has 0 N–H and O–H groups in total. The van der Waals surface area contributed by atoms with Gasteiger partial charge in [-0.25, -0.2) is 4.98 Å². The van der Waals surface area contributed by atoms with Crippen LogP contribution in [0.1, 0.15) is 48.4 Å². The summed E-state index contributed by atoms with van der Waals surface area (Å²) in [4.78, 5) is 4.36. The van der Waals surface area contributed by atoms with E-state index in [9.17, 15) is 0 Å². The van der Waals surface area contributed by atoms with Crippen molar-refractivity contribution in [3.63, 3.8) is 0 Å². The highest BCUT2D eigenvalue weighted by Crippen LogP contribution is 2.33. The van der Waals surface area contributed by atoms with Crippen LogP contribution in [-0.2, 0) is 5.16 Å². The molecule has 1 aromatic heterocycles. The molecule has 2 radical (unpaired) electrons. The minimum absolute atomic E-state index is 0.137. The van der Waals surface area contributed by atoms with Gasteiger partial charge in [-0.15, -0.1) is 11.7 Å². The number of allylic oxidation sites excluding steroid dienone is 1. The molecule has 0 bridgehead atoms. The van der Waals surface area contributed by atoms with Crippen molar-refractivity contribution < 1.29 is 0 Å². The van der Waals surface area contributed by atoms with E-state index in [-0.39, 0.29) is 5.16 Å². The third-order valence-corrected chi connectivity index (χ3v) is 9.43. The maximum Gasteiger partial charge on any atom is 0.103 e. The number of aromatic nitrogens is 2. The number of rotatable bonds is 10. The van der Waals surface area contributed by atoms with Crippen molar-refractivity contribution in [2.75, 3.05) is 0 Å². The van der Waals surface area contributed by atoms with Crippen LogP contribution in [0.5, 0.6) is 0 Å². The minimum Gasteiger partial charge on any atom is -0.326 e. The lowest BCUT2D eigenvalue weighted by Crippen LogP contribution is -2.41. The molecule has 5 rings (SSSR count). The van der Waals surface area contributed by atoms with Crippen molar-refractivity contribution in [2.24, 2.45) is 0 Å². The molecule has 0 saturated carbocycles. The summed E-state index contributed by atoms with van der Waals surface area (Å²) in [5.41, 5.74) is 8.50. The Labute approximate surface area is 243 Å². The minimum atomic E-state index is -0.633. The van der Waals surface area contributed by atoms with Crippen molar-refractivity contribution >= 4 is 22.9 Å². The molecule has 0 saturated heterocycles. The zero-order valence-corrected chi connectivity index (χ0v) is 24.7. The first-order valence-corrected chi connectivity index (χ1v) is 15.6. The van der Waals surface area contributed by atoms with Crippen molar-refractivity contribution in [2.45, 2.75) is 31.3 Å². The van der Waals surface area contributed by atoms with Crippen LogP contribution < -0.4 is 0 Å². The Morgan fingerprint density at radius 3 is 1.70 bits per heavy atom. The molecule has 40 heavy (non-hydrogen) atoms. The number of nitrogens with zero attached hydrogens (tertiary/aromatic N) is 2. The van der Waals surface area contributed by atoms with Crippen molar-refractivity contribution in [1.29, 1.82) is 0 Å². The van der Waals surface area contributed by atoms with Gasteiger partial charge in [0.05, 0.1) is 21.0 Å². The van der Waals surface area contributed by atoms with Gasteiger partial charge in [-0.1, -0.05) is 147 Å². The molecule has 0 spiro atoms. The SMILES string of the molecule is CCCCC=C[SiH2]C(c1ccccc1)(c1ccccc1)n1ccnc1.[B]C=C(c1ccccc1)c1ccccc1. The predicted molar refractivity (Wildman–Crippen MR) is 174 cm³/mol. The molecular weight excluding hydrogens is 499 g/mol. The average molecular weight is 537 g/mol. The lowest BCUT2D eigenvalue weighted by molar-refractivity contribution is 0.596. The predicted octanol–water partition coefficient (Wildman–Crippen LogP) is 7.75. The molecule has 5 aromatic rings. The third kappa shape index (κ3) is 7.28. The maximum absolute atomic E-state index is 5.67. The van der Waals surface area contributed by atoms with Gasteiger partial charge in [-0.05, 0) is 34.2 Å². The molecule has 0 unspecified atom stereocenters. The molecular formula is C36H37BN2Si. The van der Waals surface area contributed by atoms with Crippen LogP contribution >= 0.6 is 0 Å². The van der Waals surface area contributed by atoms with E-state index in [4.69, 9.17) is 7.85 Å². The highest BCUT2D eigenvalue weighted by atomic mass is 28.2. The summed E-state index contributed by atoms with van der Waals surface area (Å²) in [7, 11) is 5.04. The standard InChI is InChI=1S/C22H26N2Si.C14H11B/c1-2-3-4-11-18-25-22(24-17-16-23-19-24,20-12-7-5-8-13-20)21-14-9-6-10-15-21;15-11-14(12-7-3-1-4-8-12)13-9-5-2-6-10-13/h5-19H,2-4,25H2,1H3;1-11H. The molecule has 0 aliphatic carbocycles. The Kier molecular flexibility index (Phi) is 11.1. The molecule has 0 amide bonds. The van der Waals surface area contributed by atoms with E-state index >= 15 is 0 Å². The summed E-state index contributed by atoms with van der Waals surface area (Å²) >= 11 is 0. The van der Waals surface area contributed by atoms with Gasteiger partial charge in [0, 0.05) is 12.4 Å². The number of unbranched alkanes of at least 4 members (excludes halogenated alkanes) is 2. The molecule has 198 valence electrons. The summed E-state index contributed by atoms with van der Waals surface area (Å²) in [6.45, 7) is 2.25. The summed E-state index contributed by atoms with van der Waals surface area (Å²) < 4.78 is 2.30. The molecule has 2 nitrogen and oxygen atoms in total. The summed E-state index contributed by atoms with van der Waals surface area (Å²) in [5, 5.41) is -0.137. The van der Waals surface area contributed by atoms with Gasteiger partial charge >= 0.3 is 0 Å². The normalized spacial score (nSPS) is 11.3. The van der Waals surface area contributed by atoms with Gasteiger partial charge < -0.3 is 4.57 Å². The molecule has 0 aliphatic rings. The number of hydrogen-bond donors (Lipinski definition) is 0. The quantitative estimate of drug-likeness (QED) is 0.132. The van der Waals surface area contributed by atoms with E-state index in [1.54, 1.807) is 5.98 Å². The summed E-state index contributed by atoms with van der Waals surface area (Å²) in [6.07, 6.45) is 12.0. The number of benzene rings is 4. The number of hydrogen-bond acceptors (Lipinski definition) is 1. The smallest absolute Gasteiger partial charge is 0.103 e. The second kappa shape index (κ2) is 15.4. The van der Waals surface area contributed by atoms with E-state index in [2.05, 4.69) is 119 Å². The Balaban J connectivity index is 0.000000210. The zero-order chi connectivity index (χ0) is 27.9. The fourth-order valence-corrected chi connectivity index (χ4v) is 7.09. The van der Waals surface area contributed by atoms with E-state index in [0.717, 1.165) is 16.7 Å². The first-order chi connectivity index (χ1) is 19.8. The second-order valence-electron chi connectivity index (χ2n) is 9.69. The molecule has 0 atom stereocenters. The number of imidazole rings is 1. The highest BCUT2D eigenvalue weighted by Gasteiger charge is 2.34. The van der Waals surface area contributed by atoms with Crippen LogP contribution in [0.25, 0.3) is 5.57 Å². The fourth-order valence-electron chi connectivity index (χ4n) is 5.01. The highest BCUT2D eigenvalue weighted by molar-refractivity contribution is 6.47. The van der Waals surface area contributed by atoms with Gasteiger partial charge in [0.15, 0.2) is 0 Å². The van der Waals surface area contributed by atoms with Crippen LogP contribution in [0.15, 0.2) is 158 Å². The van der Waals surface area contributed by atoms with E-state index in [0.29, 0.717) is 0 Å². The Morgan fingerprint density at radius 1 is 0.775 bits per heavy atom. The molecule has 1 heterocycles. The molecule has 0 aliphatic heterocycles. The maximum atomic E-state index is 5.67. The lowest BCUT2D eigenvalue weighted by atomic mass is 9.92. The van der Waals surface area contributed by atoms with Gasteiger partial charge in [0.25, 0.3) is 0 Å². The Hall–Kier alpha value is -4.15. The van der Waals surface area contributed by atoms with Crippen LogP contribution in [0.4, 0.5) is 0 Å². The molecule has 4 heteroatoms. The van der Waals surface area contributed by atoms with Gasteiger partial charge in [-0.2, -0.15) is 0 Å². The molecule has 4 aromatic carbocycles. The van der Waals surface area contributed by atoms with E-state index in [1.165, 1.54) is 30.4 Å². The monoisotopic (exact) mass is 536 g/mol. The zero-order valence-electron chi connectivity index (χ0n) is 23.3. The van der Waals surface area contributed by atoms with Crippen LogP contribution in [0.3, 0.4) is 0 Å². The topological polar surface area (TPSA) is 17.8 Å². The lowest BCUT2D eigenvalue weighted by Gasteiger charge is -2.36. The van der Waals surface area contributed by atoms with E-state index < -0.39 is 9.52 Å². The Bertz CT molecular complexity index is 1350.